The molecule has 1 fully saturated rings. The highest BCUT2D eigenvalue weighted by Crippen LogP contribution is 2.26. The van der Waals surface area contributed by atoms with Crippen molar-refractivity contribution in [2.75, 3.05) is 13.2 Å². The molecule has 0 spiro atoms. The third kappa shape index (κ3) is 1.25. The second-order valence-corrected chi connectivity index (χ2v) is 3.06. The van der Waals surface area contributed by atoms with Crippen LogP contribution in [0.3, 0.4) is 0 Å². The van der Waals surface area contributed by atoms with Gasteiger partial charge in [0.15, 0.2) is 0 Å². The normalized spacial score (nSPS) is 36.0. The van der Waals surface area contributed by atoms with Gasteiger partial charge in [0.25, 0.3) is 0 Å². The summed E-state index contributed by atoms with van der Waals surface area (Å²) in [6.07, 6.45) is 0.796. The maximum absolute atomic E-state index is 9.64. The Morgan fingerprint density at radius 3 is 2.44 bits per heavy atom. The van der Waals surface area contributed by atoms with E-state index in [4.69, 9.17) is 4.74 Å². The average molecular weight is 130 g/mol. The third-order valence-electron chi connectivity index (χ3n) is 2.11. The number of hydrogen-bond acceptors (Lipinski definition) is 2. The standard InChI is InChI=1S/C7H14O2/c1-6(2)7(8)3-4-9-5-7/h6,8H,3-5H2,1-2H3/t7-/m1/s1. The minimum absolute atomic E-state index is 0.319. The molecule has 2 nitrogen and oxygen atoms in total. The second-order valence-electron chi connectivity index (χ2n) is 3.06. The van der Waals surface area contributed by atoms with E-state index in [2.05, 4.69) is 0 Å². The van der Waals surface area contributed by atoms with E-state index in [-0.39, 0.29) is 0 Å². The van der Waals surface area contributed by atoms with E-state index in [9.17, 15) is 5.11 Å². The summed E-state index contributed by atoms with van der Waals surface area (Å²) in [5, 5.41) is 9.64. The summed E-state index contributed by atoms with van der Waals surface area (Å²) < 4.78 is 5.07. The third-order valence-corrected chi connectivity index (χ3v) is 2.11. The predicted octanol–water partition coefficient (Wildman–Crippen LogP) is 0.794. The lowest BCUT2D eigenvalue weighted by molar-refractivity contribution is -0.0125. The maximum atomic E-state index is 9.64. The number of aliphatic hydroxyl groups is 1. The fourth-order valence-corrected chi connectivity index (χ4v) is 1.03. The maximum Gasteiger partial charge on any atom is 0.0924 e. The molecule has 0 saturated carbocycles. The summed E-state index contributed by atoms with van der Waals surface area (Å²) in [4.78, 5) is 0. The summed E-state index contributed by atoms with van der Waals surface area (Å²) in [5.41, 5.74) is -0.528. The van der Waals surface area contributed by atoms with E-state index < -0.39 is 5.60 Å². The van der Waals surface area contributed by atoms with Crippen molar-refractivity contribution in [1.82, 2.24) is 0 Å². The molecule has 0 radical (unpaired) electrons. The lowest BCUT2D eigenvalue weighted by Gasteiger charge is -2.24. The van der Waals surface area contributed by atoms with Crippen molar-refractivity contribution < 1.29 is 9.84 Å². The van der Waals surface area contributed by atoms with E-state index in [1.165, 1.54) is 0 Å². The number of ether oxygens (including phenoxy) is 1. The topological polar surface area (TPSA) is 29.5 Å². The van der Waals surface area contributed by atoms with E-state index >= 15 is 0 Å². The van der Waals surface area contributed by atoms with Gasteiger partial charge in [-0.2, -0.15) is 0 Å². The zero-order valence-corrected chi connectivity index (χ0v) is 6.05. The molecule has 0 aromatic carbocycles. The predicted molar refractivity (Wildman–Crippen MR) is 35.2 cm³/mol. The van der Waals surface area contributed by atoms with E-state index in [0.717, 1.165) is 6.42 Å². The Morgan fingerprint density at radius 2 is 2.22 bits per heavy atom. The molecule has 1 aliphatic heterocycles. The minimum atomic E-state index is -0.528. The molecule has 1 aliphatic rings. The monoisotopic (exact) mass is 130 g/mol. The van der Waals surface area contributed by atoms with Gasteiger partial charge in [-0.25, -0.2) is 0 Å². The summed E-state index contributed by atoms with van der Waals surface area (Å²) >= 11 is 0. The fraction of sp³-hybridized carbons (Fsp3) is 1.00. The molecule has 0 unspecified atom stereocenters. The molecule has 2 heteroatoms. The molecular formula is C7H14O2. The van der Waals surface area contributed by atoms with Crippen LogP contribution in [-0.2, 0) is 4.74 Å². The molecule has 0 aromatic heterocycles. The second kappa shape index (κ2) is 2.27. The van der Waals surface area contributed by atoms with Crippen LogP contribution in [0.5, 0.6) is 0 Å². The van der Waals surface area contributed by atoms with E-state index in [1.807, 2.05) is 13.8 Å². The van der Waals surface area contributed by atoms with Gasteiger partial charge in [0.1, 0.15) is 0 Å². The van der Waals surface area contributed by atoms with Gasteiger partial charge in [0, 0.05) is 13.0 Å². The van der Waals surface area contributed by atoms with Crippen LogP contribution in [0, 0.1) is 5.92 Å². The van der Waals surface area contributed by atoms with Crippen molar-refractivity contribution >= 4 is 0 Å². The highest BCUT2D eigenvalue weighted by molar-refractivity contribution is 4.85. The molecule has 0 bridgehead atoms. The molecular weight excluding hydrogens is 116 g/mol. The summed E-state index contributed by atoms with van der Waals surface area (Å²) in [6.45, 7) is 5.28. The smallest absolute Gasteiger partial charge is 0.0924 e. The van der Waals surface area contributed by atoms with Crippen LogP contribution in [-0.4, -0.2) is 23.9 Å². The van der Waals surface area contributed by atoms with Crippen molar-refractivity contribution in [3.63, 3.8) is 0 Å². The highest BCUT2D eigenvalue weighted by Gasteiger charge is 2.35. The van der Waals surface area contributed by atoms with Gasteiger partial charge < -0.3 is 9.84 Å². The van der Waals surface area contributed by atoms with Crippen molar-refractivity contribution in [2.24, 2.45) is 5.92 Å². The van der Waals surface area contributed by atoms with Crippen LogP contribution in [0.15, 0.2) is 0 Å². The van der Waals surface area contributed by atoms with Gasteiger partial charge >= 0.3 is 0 Å². The molecule has 54 valence electrons. The summed E-state index contributed by atoms with van der Waals surface area (Å²) in [7, 11) is 0. The molecule has 9 heavy (non-hydrogen) atoms. The first-order chi connectivity index (χ1) is 4.15. The first-order valence-electron chi connectivity index (χ1n) is 3.45. The first-order valence-corrected chi connectivity index (χ1v) is 3.45. The molecule has 1 rings (SSSR count). The zero-order valence-electron chi connectivity index (χ0n) is 6.05. The van der Waals surface area contributed by atoms with Gasteiger partial charge in [-0.15, -0.1) is 0 Å². The van der Waals surface area contributed by atoms with Crippen molar-refractivity contribution in [2.45, 2.75) is 25.9 Å². The molecule has 1 heterocycles. The Bertz CT molecular complexity index is 93.1. The molecule has 1 atom stereocenters. The Labute approximate surface area is 55.8 Å². The number of hydrogen-bond donors (Lipinski definition) is 1. The Morgan fingerprint density at radius 1 is 1.56 bits per heavy atom. The van der Waals surface area contributed by atoms with E-state index in [0.29, 0.717) is 19.1 Å². The fourth-order valence-electron chi connectivity index (χ4n) is 1.03. The van der Waals surface area contributed by atoms with Crippen molar-refractivity contribution in [1.29, 1.82) is 0 Å². The summed E-state index contributed by atoms with van der Waals surface area (Å²) in [6, 6.07) is 0. The highest BCUT2D eigenvalue weighted by atomic mass is 16.5. The molecule has 0 amide bonds. The Balaban J connectivity index is 2.51. The average Bonchev–Trinajstić information content (AvgIpc) is 2.16. The van der Waals surface area contributed by atoms with Crippen molar-refractivity contribution in [3.05, 3.63) is 0 Å². The van der Waals surface area contributed by atoms with Crippen LogP contribution in [0.25, 0.3) is 0 Å². The Hall–Kier alpha value is -0.0800. The van der Waals surface area contributed by atoms with Crippen molar-refractivity contribution in [3.8, 4) is 0 Å². The number of rotatable bonds is 1. The van der Waals surface area contributed by atoms with Crippen LogP contribution in [0.1, 0.15) is 20.3 Å². The largest absolute Gasteiger partial charge is 0.387 e. The molecule has 1 saturated heterocycles. The summed E-state index contributed by atoms with van der Waals surface area (Å²) in [5.74, 6) is 0.319. The molecule has 0 aromatic rings. The lowest BCUT2D eigenvalue weighted by Crippen LogP contribution is -2.34. The molecule has 0 aliphatic carbocycles. The van der Waals surface area contributed by atoms with Gasteiger partial charge in [-0.1, -0.05) is 13.8 Å². The van der Waals surface area contributed by atoms with Gasteiger partial charge in [0.2, 0.25) is 0 Å². The van der Waals surface area contributed by atoms with Crippen LogP contribution >= 0.6 is 0 Å². The van der Waals surface area contributed by atoms with Crippen LogP contribution in [0.4, 0.5) is 0 Å². The van der Waals surface area contributed by atoms with Gasteiger partial charge in [-0.3, -0.25) is 0 Å². The van der Waals surface area contributed by atoms with Crippen LogP contribution in [0.2, 0.25) is 0 Å². The Kier molecular flexibility index (Phi) is 1.78. The van der Waals surface area contributed by atoms with Crippen LogP contribution < -0.4 is 0 Å². The molecule has 1 N–H and O–H groups in total. The first kappa shape index (κ1) is 7.03. The van der Waals surface area contributed by atoms with E-state index in [1.54, 1.807) is 0 Å². The minimum Gasteiger partial charge on any atom is -0.387 e. The van der Waals surface area contributed by atoms with Gasteiger partial charge in [0.05, 0.1) is 12.2 Å². The quantitative estimate of drug-likeness (QED) is 0.568. The zero-order chi connectivity index (χ0) is 6.91. The lowest BCUT2D eigenvalue weighted by atomic mass is 9.90. The van der Waals surface area contributed by atoms with Gasteiger partial charge in [-0.05, 0) is 5.92 Å². The SMILES string of the molecule is CC(C)[C@@]1(O)CCOC1.